The second-order valence-corrected chi connectivity index (χ2v) is 8.91. The van der Waals surface area contributed by atoms with E-state index in [0.717, 1.165) is 54.6 Å². The number of hydrogen-bond donors (Lipinski definition) is 0. The second kappa shape index (κ2) is 11.7. The number of ketones is 1. The zero-order valence-corrected chi connectivity index (χ0v) is 21.8. The van der Waals surface area contributed by atoms with Crippen molar-refractivity contribution in [2.75, 3.05) is 52.5 Å². The largest absolute Gasteiger partial charge is 0.491 e. The summed E-state index contributed by atoms with van der Waals surface area (Å²) in [5, 5.41) is 1.72. The number of esters is 1. The maximum absolute atomic E-state index is 13.7. The van der Waals surface area contributed by atoms with Gasteiger partial charge in [-0.15, -0.1) is 0 Å². The van der Waals surface area contributed by atoms with Crippen LogP contribution < -0.4 is 4.74 Å². The summed E-state index contributed by atoms with van der Waals surface area (Å²) in [5.74, 6) is -0.232. The SMILES string of the molecule is CCN(CC)CCOC(=O)c1c2c(c3ccccc3c1OCCN(CC)CC)-c1ccccc1C2=O. The van der Waals surface area contributed by atoms with Gasteiger partial charge in [0.1, 0.15) is 24.5 Å². The monoisotopic (exact) mass is 488 g/mol. The zero-order valence-electron chi connectivity index (χ0n) is 21.8. The van der Waals surface area contributed by atoms with Crippen LogP contribution in [0.4, 0.5) is 0 Å². The third-order valence-corrected chi connectivity index (χ3v) is 7.12. The molecule has 0 radical (unpaired) electrons. The van der Waals surface area contributed by atoms with Crippen molar-refractivity contribution in [2.45, 2.75) is 27.7 Å². The first kappa shape index (κ1) is 25.9. The van der Waals surface area contributed by atoms with Gasteiger partial charge in [0.25, 0.3) is 0 Å². The van der Waals surface area contributed by atoms with Gasteiger partial charge in [-0.05, 0) is 37.1 Å². The smallest absolute Gasteiger partial charge is 0.342 e. The predicted molar refractivity (Wildman–Crippen MR) is 144 cm³/mol. The summed E-state index contributed by atoms with van der Waals surface area (Å²) in [6, 6.07) is 15.4. The lowest BCUT2D eigenvalue weighted by Crippen LogP contribution is -2.29. The molecule has 1 aliphatic carbocycles. The standard InChI is InChI=1S/C30H36N2O4/c1-5-31(6-2)17-19-35-29-24-16-12-10-14-22(24)25-21-13-9-11-15-23(21)28(33)26(25)27(29)30(34)36-20-18-32(7-3)8-4/h9-16H,5-8,17-20H2,1-4H3. The molecule has 6 heteroatoms. The van der Waals surface area contributed by atoms with E-state index in [4.69, 9.17) is 9.47 Å². The summed E-state index contributed by atoms with van der Waals surface area (Å²) < 4.78 is 12.1. The molecule has 190 valence electrons. The highest BCUT2D eigenvalue weighted by molar-refractivity contribution is 6.30. The average molecular weight is 489 g/mol. The predicted octanol–water partition coefficient (Wildman–Crippen LogP) is 5.27. The lowest BCUT2D eigenvalue weighted by Gasteiger charge is -2.22. The Labute approximate surface area is 213 Å². The highest BCUT2D eigenvalue weighted by Crippen LogP contribution is 2.47. The summed E-state index contributed by atoms with van der Waals surface area (Å²) in [7, 11) is 0. The van der Waals surface area contributed by atoms with Crippen molar-refractivity contribution in [3.63, 3.8) is 0 Å². The molecule has 6 nitrogen and oxygen atoms in total. The molecule has 0 unspecified atom stereocenters. The summed E-state index contributed by atoms with van der Waals surface area (Å²) in [6.07, 6.45) is 0. The van der Waals surface area contributed by atoms with Gasteiger partial charge in [0.05, 0.1) is 0 Å². The average Bonchev–Trinajstić information content (AvgIpc) is 3.21. The minimum atomic E-state index is -0.511. The molecule has 1 aliphatic rings. The van der Waals surface area contributed by atoms with Gasteiger partial charge < -0.3 is 19.3 Å². The molecular formula is C30H36N2O4. The van der Waals surface area contributed by atoms with Crippen LogP contribution >= 0.6 is 0 Å². The van der Waals surface area contributed by atoms with Crippen LogP contribution in [-0.2, 0) is 4.74 Å². The number of fused-ring (bicyclic) bond motifs is 5. The van der Waals surface area contributed by atoms with Gasteiger partial charge in [0, 0.05) is 35.2 Å². The zero-order chi connectivity index (χ0) is 25.7. The van der Waals surface area contributed by atoms with Crippen LogP contribution in [0.1, 0.15) is 54.0 Å². The number of carbonyl (C=O) groups is 2. The maximum atomic E-state index is 13.7. The van der Waals surface area contributed by atoms with Crippen molar-refractivity contribution in [3.8, 4) is 16.9 Å². The van der Waals surface area contributed by atoms with E-state index in [1.165, 1.54) is 0 Å². The van der Waals surface area contributed by atoms with Crippen LogP contribution in [0, 0.1) is 0 Å². The number of benzene rings is 3. The molecule has 36 heavy (non-hydrogen) atoms. The highest BCUT2D eigenvalue weighted by Gasteiger charge is 2.36. The third kappa shape index (κ3) is 4.88. The normalized spacial score (nSPS) is 12.3. The second-order valence-electron chi connectivity index (χ2n) is 8.91. The summed E-state index contributed by atoms with van der Waals surface area (Å²) in [4.78, 5) is 31.8. The lowest BCUT2D eigenvalue weighted by atomic mass is 9.92. The molecule has 0 saturated carbocycles. The fourth-order valence-electron chi connectivity index (χ4n) is 4.99. The van der Waals surface area contributed by atoms with Crippen LogP contribution in [0.2, 0.25) is 0 Å². The van der Waals surface area contributed by atoms with Gasteiger partial charge in [-0.2, -0.15) is 0 Å². The minimum Gasteiger partial charge on any atom is -0.491 e. The molecule has 0 bridgehead atoms. The summed E-state index contributed by atoms with van der Waals surface area (Å²) >= 11 is 0. The Balaban J connectivity index is 1.82. The van der Waals surface area contributed by atoms with Crippen LogP contribution in [0.3, 0.4) is 0 Å². The lowest BCUT2D eigenvalue weighted by molar-refractivity contribution is 0.0459. The van der Waals surface area contributed by atoms with E-state index in [9.17, 15) is 9.59 Å². The Morgan fingerprint density at radius 3 is 1.92 bits per heavy atom. The van der Waals surface area contributed by atoms with Gasteiger partial charge in [0.2, 0.25) is 0 Å². The Bertz CT molecular complexity index is 1250. The molecule has 0 fully saturated rings. The van der Waals surface area contributed by atoms with E-state index in [0.29, 0.717) is 30.0 Å². The molecule has 0 atom stereocenters. The van der Waals surface area contributed by atoms with Crippen molar-refractivity contribution in [2.24, 2.45) is 0 Å². The molecule has 0 heterocycles. The first-order chi connectivity index (χ1) is 17.5. The van der Waals surface area contributed by atoms with Gasteiger partial charge in [-0.3, -0.25) is 4.79 Å². The number of hydrogen-bond acceptors (Lipinski definition) is 6. The molecule has 0 aromatic heterocycles. The molecule has 3 aromatic rings. The Morgan fingerprint density at radius 2 is 1.28 bits per heavy atom. The Morgan fingerprint density at radius 1 is 0.722 bits per heavy atom. The highest BCUT2D eigenvalue weighted by atomic mass is 16.5. The molecule has 0 aliphatic heterocycles. The number of ether oxygens (including phenoxy) is 2. The van der Waals surface area contributed by atoms with Crippen molar-refractivity contribution in [1.82, 2.24) is 9.80 Å². The fourth-order valence-corrected chi connectivity index (χ4v) is 4.99. The van der Waals surface area contributed by atoms with Crippen molar-refractivity contribution in [3.05, 3.63) is 65.2 Å². The Hall–Kier alpha value is -3.22. The molecule has 0 saturated heterocycles. The third-order valence-electron chi connectivity index (χ3n) is 7.12. The number of carbonyl (C=O) groups excluding carboxylic acids is 2. The van der Waals surface area contributed by atoms with E-state index in [1.54, 1.807) is 0 Å². The fraction of sp³-hybridized carbons (Fsp3) is 0.400. The molecular weight excluding hydrogens is 452 g/mol. The van der Waals surface area contributed by atoms with Crippen molar-refractivity contribution >= 4 is 22.5 Å². The van der Waals surface area contributed by atoms with Gasteiger partial charge in [-0.1, -0.05) is 76.2 Å². The molecule has 3 aromatic carbocycles. The van der Waals surface area contributed by atoms with E-state index < -0.39 is 5.97 Å². The first-order valence-corrected chi connectivity index (χ1v) is 13.0. The van der Waals surface area contributed by atoms with Crippen molar-refractivity contribution < 1.29 is 19.1 Å². The van der Waals surface area contributed by atoms with Crippen LogP contribution in [0.15, 0.2) is 48.5 Å². The van der Waals surface area contributed by atoms with E-state index in [1.807, 2.05) is 48.5 Å². The Kier molecular flexibility index (Phi) is 8.39. The van der Waals surface area contributed by atoms with Gasteiger partial charge in [-0.25, -0.2) is 4.79 Å². The number of rotatable bonds is 12. The van der Waals surface area contributed by atoms with E-state index in [-0.39, 0.29) is 18.0 Å². The number of nitrogens with zero attached hydrogens (tertiary/aromatic N) is 2. The van der Waals surface area contributed by atoms with Crippen LogP contribution in [-0.4, -0.2) is 74.0 Å². The molecule has 0 N–H and O–H groups in total. The maximum Gasteiger partial charge on any atom is 0.342 e. The summed E-state index contributed by atoms with van der Waals surface area (Å²) in [6.45, 7) is 14.0. The summed E-state index contributed by atoms with van der Waals surface area (Å²) in [5.41, 5.74) is 2.87. The molecule has 0 spiro atoms. The van der Waals surface area contributed by atoms with Crippen LogP contribution in [0.25, 0.3) is 21.9 Å². The van der Waals surface area contributed by atoms with Crippen molar-refractivity contribution in [1.29, 1.82) is 0 Å². The van der Waals surface area contributed by atoms with Gasteiger partial charge in [0.15, 0.2) is 5.78 Å². The number of likely N-dealkylation sites (N-methyl/N-ethyl adjacent to an activating group) is 2. The quantitative estimate of drug-likeness (QED) is 0.253. The molecule has 0 amide bonds. The minimum absolute atomic E-state index is 0.157. The van der Waals surface area contributed by atoms with E-state index in [2.05, 4.69) is 37.5 Å². The first-order valence-electron chi connectivity index (χ1n) is 13.0. The topological polar surface area (TPSA) is 59.1 Å². The van der Waals surface area contributed by atoms with E-state index >= 15 is 0 Å². The molecule has 4 rings (SSSR count). The van der Waals surface area contributed by atoms with Crippen LogP contribution in [0.5, 0.6) is 5.75 Å². The van der Waals surface area contributed by atoms with Gasteiger partial charge >= 0.3 is 5.97 Å².